The molecule has 322 valence electrons. The molecule has 7 aromatic rings. The summed E-state index contributed by atoms with van der Waals surface area (Å²) in [7, 11) is 0. The van der Waals surface area contributed by atoms with Crippen molar-refractivity contribution in [3.05, 3.63) is 238 Å². The molecular formula is C52H34F2N6O2S4. The lowest BCUT2D eigenvalue weighted by atomic mass is 10.1. The van der Waals surface area contributed by atoms with E-state index < -0.39 is 8.65 Å². The lowest BCUT2D eigenvalue weighted by Gasteiger charge is -2.38. The lowest BCUT2D eigenvalue weighted by molar-refractivity contribution is -0.115. The third-order valence-electron chi connectivity index (χ3n) is 11.0. The Hall–Kier alpha value is -6.84. The van der Waals surface area contributed by atoms with Crippen molar-refractivity contribution in [3.63, 3.8) is 0 Å². The predicted octanol–water partition coefficient (Wildman–Crippen LogP) is 12.7. The smallest absolute Gasteiger partial charge is 0.268 e. The molecule has 0 aromatic heterocycles. The van der Waals surface area contributed by atoms with E-state index in [-0.39, 0.29) is 23.4 Å². The Labute approximate surface area is 396 Å². The van der Waals surface area contributed by atoms with Gasteiger partial charge in [0.2, 0.25) is 8.65 Å². The van der Waals surface area contributed by atoms with Crippen LogP contribution >= 0.6 is 47.0 Å². The van der Waals surface area contributed by atoms with Gasteiger partial charge in [0.1, 0.15) is 21.7 Å². The summed E-state index contributed by atoms with van der Waals surface area (Å²) in [6.07, 6.45) is 3.60. The van der Waals surface area contributed by atoms with E-state index >= 15 is 0 Å². The van der Waals surface area contributed by atoms with E-state index in [1.54, 1.807) is 46.2 Å². The fourth-order valence-electron chi connectivity index (χ4n) is 7.95. The Morgan fingerprint density at radius 3 is 1.12 bits per heavy atom. The first-order valence-electron chi connectivity index (χ1n) is 20.8. The van der Waals surface area contributed by atoms with E-state index in [0.717, 1.165) is 22.5 Å². The Morgan fingerprint density at radius 1 is 0.409 bits per heavy atom. The van der Waals surface area contributed by atoms with Gasteiger partial charge in [0.15, 0.2) is 0 Å². The first-order chi connectivity index (χ1) is 32.3. The van der Waals surface area contributed by atoms with Crippen LogP contribution in [0.15, 0.2) is 214 Å². The molecule has 2 atom stereocenters. The number of halogens is 2. The Bertz CT molecular complexity index is 2920. The first-order valence-corrected chi connectivity index (χ1v) is 24.0. The van der Waals surface area contributed by atoms with Gasteiger partial charge in [-0.15, -0.1) is 0 Å². The molecule has 2 fully saturated rings. The van der Waals surface area contributed by atoms with Crippen LogP contribution in [0.1, 0.15) is 22.3 Å². The number of thioether (sulfide) groups is 4. The van der Waals surface area contributed by atoms with Crippen LogP contribution in [0, 0.1) is 11.6 Å². The SMILES string of the molecule is O=C1/C(=C/c2ccc(F)cc2)SC2(SC(c3cccc(C4=NN(c5ccccc5)C5(S4)S/C(=C/c4ccc(F)cc4)C(=O)N5c4ccccc4)c3)=NN2c2ccccc2)N1c1ccccc1. The number of benzene rings is 7. The van der Waals surface area contributed by atoms with Crippen molar-refractivity contribution in [2.45, 2.75) is 8.65 Å². The standard InChI is InChI=1S/C52H34F2N6O2S4/c53-39-28-24-35(25-29-39)32-45-49(61)57(41-16-5-1-6-17-41)51(63-45)59(43-20-9-3-10-21-43)55-47(65-51)37-14-13-15-38(34-37)48-56-60(44-22-11-4-12-23-44)52(66-48)58(42-18-7-2-8-19-42)50(62)46(64-52)33-36-26-30-40(54)31-27-36/h1-34H/b45-32-,46-33+. The van der Waals surface area contributed by atoms with E-state index in [1.165, 1.54) is 71.3 Å². The van der Waals surface area contributed by atoms with Crippen LogP contribution in [0.2, 0.25) is 0 Å². The molecule has 4 aliphatic heterocycles. The second kappa shape index (κ2) is 17.2. The minimum atomic E-state index is -1.13. The minimum Gasteiger partial charge on any atom is -0.268 e. The molecule has 11 rings (SSSR count). The van der Waals surface area contributed by atoms with Crippen LogP contribution in [-0.4, -0.2) is 30.6 Å². The number of para-hydroxylation sites is 4. The van der Waals surface area contributed by atoms with Crippen molar-refractivity contribution in [1.29, 1.82) is 0 Å². The van der Waals surface area contributed by atoms with E-state index in [0.29, 0.717) is 42.4 Å². The third-order valence-corrected chi connectivity index (χ3v) is 16.5. The number of carbonyl (C=O) groups excluding carboxylic acids is 2. The highest BCUT2D eigenvalue weighted by atomic mass is 32.2. The Morgan fingerprint density at radius 2 is 0.758 bits per heavy atom. The summed E-state index contributed by atoms with van der Waals surface area (Å²) in [4.78, 5) is 34.0. The fourth-order valence-corrected chi connectivity index (χ4v) is 13.9. The number of nitrogens with zero attached hydrogens (tertiary/aromatic N) is 6. The van der Waals surface area contributed by atoms with Gasteiger partial charge in [0.05, 0.1) is 21.2 Å². The molecular weight excluding hydrogens is 907 g/mol. The lowest BCUT2D eigenvalue weighted by Crippen LogP contribution is -2.51. The summed E-state index contributed by atoms with van der Waals surface area (Å²) in [6, 6.07) is 58.9. The second-order valence-electron chi connectivity index (χ2n) is 15.3. The van der Waals surface area contributed by atoms with E-state index in [2.05, 4.69) is 6.07 Å². The number of hydrazone groups is 2. The molecule has 0 radical (unpaired) electrons. The summed E-state index contributed by atoms with van der Waals surface area (Å²) in [5.41, 5.74) is 5.95. The van der Waals surface area contributed by atoms with Crippen LogP contribution < -0.4 is 19.8 Å². The number of rotatable bonds is 8. The molecule has 2 amide bonds. The maximum absolute atomic E-state index is 14.7. The summed E-state index contributed by atoms with van der Waals surface area (Å²) >= 11 is 5.71. The minimum absolute atomic E-state index is 0.211. The van der Waals surface area contributed by atoms with Gasteiger partial charge < -0.3 is 0 Å². The summed E-state index contributed by atoms with van der Waals surface area (Å²) in [5, 5.41) is 15.8. The van der Waals surface area contributed by atoms with Crippen LogP contribution in [0.3, 0.4) is 0 Å². The zero-order valence-electron chi connectivity index (χ0n) is 34.5. The molecule has 0 bridgehead atoms. The van der Waals surface area contributed by atoms with Gasteiger partial charge in [-0.3, -0.25) is 19.4 Å². The molecule has 2 unspecified atom stereocenters. The van der Waals surface area contributed by atoms with Gasteiger partial charge in [-0.1, -0.05) is 139 Å². The number of hydrogen-bond acceptors (Lipinski definition) is 10. The highest BCUT2D eigenvalue weighted by molar-refractivity contribution is 8.29. The van der Waals surface area contributed by atoms with Gasteiger partial charge in [-0.2, -0.15) is 10.2 Å². The van der Waals surface area contributed by atoms with Gasteiger partial charge in [0.25, 0.3) is 11.8 Å². The predicted molar refractivity (Wildman–Crippen MR) is 270 cm³/mol. The molecule has 0 N–H and O–H groups in total. The molecule has 2 spiro atoms. The second-order valence-corrected chi connectivity index (χ2v) is 20.5. The van der Waals surface area contributed by atoms with Crippen LogP contribution in [0.4, 0.5) is 31.5 Å². The molecule has 4 heterocycles. The maximum Gasteiger partial charge on any atom is 0.268 e. The molecule has 7 aromatic carbocycles. The van der Waals surface area contributed by atoms with Crippen molar-refractivity contribution >= 4 is 104 Å². The summed E-state index contributed by atoms with van der Waals surface area (Å²) in [5.74, 6) is -1.14. The van der Waals surface area contributed by atoms with Crippen molar-refractivity contribution in [1.82, 2.24) is 0 Å². The molecule has 14 heteroatoms. The highest BCUT2D eigenvalue weighted by Crippen LogP contribution is 2.61. The van der Waals surface area contributed by atoms with Crippen molar-refractivity contribution in [2.75, 3.05) is 19.8 Å². The monoisotopic (exact) mass is 940 g/mol. The Balaban J connectivity index is 1.01. The van der Waals surface area contributed by atoms with Crippen molar-refractivity contribution < 1.29 is 18.4 Å². The average molecular weight is 941 g/mol. The molecule has 8 nitrogen and oxygen atoms in total. The number of amides is 2. The van der Waals surface area contributed by atoms with Crippen LogP contribution in [0.5, 0.6) is 0 Å². The average Bonchev–Trinajstić information content (AvgIpc) is 4.08. The van der Waals surface area contributed by atoms with E-state index in [9.17, 15) is 18.4 Å². The van der Waals surface area contributed by atoms with E-state index in [1.807, 2.05) is 150 Å². The van der Waals surface area contributed by atoms with E-state index in [4.69, 9.17) is 10.2 Å². The van der Waals surface area contributed by atoms with Crippen molar-refractivity contribution in [3.8, 4) is 0 Å². The number of anilines is 4. The molecule has 66 heavy (non-hydrogen) atoms. The third kappa shape index (κ3) is 7.49. The van der Waals surface area contributed by atoms with Crippen molar-refractivity contribution in [2.24, 2.45) is 10.2 Å². The molecule has 4 aliphatic rings. The summed E-state index contributed by atoms with van der Waals surface area (Å²) in [6.45, 7) is 0. The van der Waals surface area contributed by atoms with Crippen LogP contribution in [-0.2, 0) is 9.59 Å². The maximum atomic E-state index is 14.7. The molecule has 0 aliphatic carbocycles. The van der Waals surface area contributed by atoms with Gasteiger partial charge in [0, 0.05) is 22.5 Å². The molecule has 2 saturated heterocycles. The normalized spacial score (nSPS) is 21.5. The fraction of sp³-hybridized carbons (Fsp3) is 0.0385. The Kier molecular flexibility index (Phi) is 10.9. The zero-order valence-corrected chi connectivity index (χ0v) is 37.8. The topological polar surface area (TPSA) is 71.8 Å². The van der Waals surface area contributed by atoms with Gasteiger partial charge in [-0.05, 0) is 126 Å². The van der Waals surface area contributed by atoms with Crippen LogP contribution in [0.25, 0.3) is 12.2 Å². The molecule has 0 saturated carbocycles. The van der Waals surface area contributed by atoms with Gasteiger partial charge >= 0.3 is 0 Å². The number of carbonyl (C=O) groups is 2. The zero-order chi connectivity index (χ0) is 44.8. The largest absolute Gasteiger partial charge is 0.268 e. The highest BCUT2D eigenvalue weighted by Gasteiger charge is 2.61. The quantitative estimate of drug-likeness (QED) is 0.140. The summed E-state index contributed by atoms with van der Waals surface area (Å²) < 4.78 is 25.7. The first kappa shape index (κ1) is 41.8. The van der Waals surface area contributed by atoms with Gasteiger partial charge in [-0.25, -0.2) is 18.8 Å². The number of hydrogen-bond donors (Lipinski definition) is 0.